The monoisotopic (exact) mass is 252 g/mol. The predicted molar refractivity (Wildman–Crippen MR) is 62.2 cm³/mol. The quantitative estimate of drug-likeness (QED) is 0.823. The highest BCUT2D eigenvalue weighted by atomic mass is 16.5. The molecule has 6 nitrogen and oxygen atoms in total. The Morgan fingerprint density at radius 1 is 1.50 bits per heavy atom. The number of rotatable bonds is 5. The van der Waals surface area contributed by atoms with Crippen LogP contribution in [0.25, 0.3) is 0 Å². The summed E-state index contributed by atoms with van der Waals surface area (Å²) in [5, 5.41) is 15.3. The lowest BCUT2D eigenvalue weighted by Crippen LogP contribution is -2.41. The first-order valence-corrected chi connectivity index (χ1v) is 5.95. The van der Waals surface area contributed by atoms with E-state index in [4.69, 9.17) is 9.63 Å². The summed E-state index contributed by atoms with van der Waals surface area (Å²) in [7, 11) is 0. The van der Waals surface area contributed by atoms with Gasteiger partial charge in [-0.25, -0.2) is 4.79 Å². The molecule has 0 saturated heterocycles. The molecule has 0 bridgehead atoms. The number of carbonyl (C=O) groups excluding carboxylic acids is 1. The van der Waals surface area contributed by atoms with Crippen molar-refractivity contribution >= 4 is 11.9 Å². The predicted octanol–water partition coefficient (Wildman–Crippen LogP) is 1.27. The maximum atomic E-state index is 12.0. The van der Waals surface area contributed by atoms with E-state index >= 15 is 0 Å². The molecule has 18 heavy (non-hydrogen) atoms. The number of nitrogens with one attached hydrogen (secondary N) is 1. The molecule has 1 aliphatic rings. The van der Waals surface area contributed by atoms with Crippen molar-refractivity contribution in [2.45, 2.75) is 39.2 Å². The Bertz CT molecular complexity index is 457. The molecule has 1 saturated carbocycles. The average molecular weight is 252 g/mol. The van der Waals surface area contributed by atoms with Gasteiger partial charge in [0.2, 0.25) is 0 Å². The van der Waals surface area contributed by atoms with Gasteiger partial charge in [-0.2, -0.15) is 0 Å². The van der Waals surface area contributed by atoms with E-state index in [2.05, 4.69) is 10.5 Å². The minimum Gasteiger partial charge on any atom is -0.480 e. The first-order chi connectivity index (χ1) is 8.49. The van der Waals surface area contributed by atoms with Crippen LogP contribution >= 0.6 is 0 Å². The van der Waals surface area contributed by atoms with Gasteiger partial charge in [0.05, 0.1) is 5.69 Å². The second kappa shape index (κ2) is 4.80. The maximum absolute atomic E-state index is 12.0. The first kappa shape index (κ1) is 12.6. The van der Waals surface area contributed by atoms with Gasteiger partial charge in [-0.3, -0.25) is 4.79 Å². The molecule has 1 aromatic heterocycles. The van der Waals surface area contributed by atoms with Crippen LogP contribution in [-0.2, 0) is 4.79 Å². The molecule has 1 aliphatic carbocycles. The normalized spacial score (nSPS) is 16.3. The van der Waals surface area contributed by atoms with Crippen LogP contribution in [0.2, 0.25) is 0 Å². The van der Waals surface area contributed by atoms with Crippen molar-refractivity contribution in [3.05, 3.63) is 17.0 Å². The fourth-order valence-corrected chi connectivity index (χ4v) is 1.95. The van der Waals surface area contributed by atoms with Crippen LogP contribution in [0, 0.1) is 19.8 Å². The van der Waals surface area contributed by atoms with Crippen molar-refractivity contribution in [3.63, 3.8) is 0 Å². The molecule has 2 rings (SSSR count). The molecular formula is C12H16N2O4. The van der Waals surface area contributed by atoms with E-state index in [1.165, 1.54) is 0 Å². The van der Waals surface area contributed by atoms with Gasteiger partial charge in [0, 0.05) is 0 Å². The summed E-state index contributed by atoms with van der Waals surface area (Å²) in [6.45, 7) is 3.29. The summed E-state index contributed by atoms with van der Waals surface area (Å²) < 4.78 is 4.89. The van der Waals surface area contributed by atoms with Crippen LogP contribution in [0.15, 0.2) is 4.52 Å². The maximum Gasteiger partial charge on any atom is 0.326 e. The number of hydrogen-bond acceptors (Lipinski definition) is 4. The summed E-state index contributed by atoms with van der Waals surface area (Å²) in [6, 6.07) is -0.835. The molecule has 6 heteroatoms. The summed E-state index contributed by atoms with van der Waals surface area (Å²) in [4.78, 5) is 23.1. The lowest BCUT2D eigenvalue weighted by atomic mass is 10.1. The van der Waals surface area contributed by atoms with Crippen LogP contribution in [0.3, 0.4) is 0 Å². The highest BCUT2D eigenvalue weighted by Crippen LogP contribution is 2.33. The molecule has 1 atom stereocenters. The first-order valence-electron chi connectivity index (χ1n) is 5.95. The molecule has 98 valence electrons. The lowest BCUT2D eigenvalue weighted by molar-refractivity contribution is -0.139. The molecule has 1 fully saturated rings. The summed E-state index contributed by atoms with van der Waals surface area (Å²) in [5.41, 5.74) is 0.803. The Morgan fingerprint density at radius 2 is 2.17 bits per heavy atom. The van der Waals surface area contributed by atoms with Crippen molar-refractivity contribution < 1.29 is 19.2 Å². The average Bonchev–Trinajstić information content (AvgIpc) is 3.03. The van der Waals surface area contributed by atoms with Gasteiger partial charge in [-0.1, -0.05) is 18.0 Å². The van der Waals surface area contributed by atoms with Gasteiger partial charge in [-0.15, -0.1) is 0 Å². The number of aromatic nitrogens is 1. The third-order valence-corrected chi connectivity index (χ3v) is 3.13. The molecule has 2 N–H and O–H groups in total. The molecule has 0 aliphatic heterocycles. The summed E-state index contributed by atoms with van der Waals surface area (Å²) >= 11 is 0. The zero-order valence-corrected chi connectivity index (χ0v) is 10.4. The number of aliphatic carboxylic acids is 1. The van der Waals surface area contributed by atoms with Crippen molar-refractivity contribution in [1.29, 1.82) is 0 Å². The number of nitrogens with zero attached hydrogens (tertiary/aromatic N) is 1. The second-order valence-corrected chi connectivity index (χ2v) is 4.74. The standard InChI is InChI=1S/C12H16N2O4/c1-6-10(7(2)18-14-6)11(15)13-9(12(16)17)5-8-3-4-8/h8-9H,3-5H2,1-2H3,(H,13,15)(H,16,17). The molecule has 1 aromatic rings. The van der Waals surface area contributed by atoms with E-state index in [1.807, 2.05) is 0 Å². The zero-order valence-electron chi connectivity index (χ0n) is 10.4. The molecule has 1 amide bonds. The topological polar surface area (TPSA) is 92.4 Å². The van der Waals surface area contributed by atoms with E-state index < -0.39 is 17.9 Å². The Labute approximate surface area is 104 Å². The van der Waals surface area contributed by atoms with Gasteiger partial charge in [0.15, 0.2) is 0 Å². The van der Waals surface area contributed by atoms with Crippen molar-refractivity contribution in [2.75, 3.05) is 0 Å². The van der Waals surface area contributed by atoms with Gasteiger partial charge < -0.3 is 14.9 Å². The minimum absolute atomic E-state index is 0.331. The highest BCUT2D eigenvalue weighted by molar-refractivity contribution is 5.98. The number of hydrogen-bond donors (Lipinski definition) is 2. The van der Waals surface area contributed by atoms with Crippen LogP contribution in [-0.4, -0.2) is 28.2 Å². The second-order valence-electron chi connectivity index (χ2n) is 4.74. The van der Waals surface area contributed by atoms with Gasteiger partial charge in [0.1, 0.15) is 17.4 Å². The minimum atomic E-state index is -0.998. The molecule has 0 radical (unpaired) electrons. The van der Waals surface area contributed by atoms with Crippen LogP contribution in [0.5, 0.6) is 0 Å². The van der Waals surface area contributed by atoms with Crippen molar-refractivity contribution in [3.8, 4) is 0 Å². The van der Waals surface area contributed by atoms with E-state index in [9.17, 15) is 9.59 Å². The lowest BCUT2D eigenvalue weighted by Gasteiger charge is -2.13. The number of carbonyl (C=O) groups is 2. The van der Waals surface area contributed by atoms with E-state index in [0.717, 1.165) is 12.8 Å². The number of amides is 1. The van der Waals surface area contributed by atoms with Crippen LogP contribution < -0.4 is 5.32 Å². The Hall–Kier alpha value is -1.85. The Balaban J connectivity index is 2.06. The number of aryl methyl sites for hydroxylation is 2. The largest absolute Gasteiger partial charge is 0.480 e. The Morgan fingerprint density at radius 3 is 2.61 bits per heavy atom. The van der Waals surface area contributed by atoms with Crippen LogP contribution in [0.1, 0.15) is 41.1 Å². The molecule has 0 aromatic carbocycles. The Kier molecular flexibility index (Phi) is 3.36. The molecule has 1 heterocycles. The van der Waals surface area contributed by atoms with E-state index in [0.29, 0.717) is 29.4 Å². The van der Waals surface area contributed by atoms with Crippen molar-refractivity contribution in [1.82, 2.24) is 10.5 Å². The third kappa shape index (κ3) is 2.69. The van der Waals surface area contributed by atoms with Gasteiger partial charge >= 0.3 is 5.97 Å². The van der Waals surface area contributed by atoms with Gasteiger partial charge in [0.25, 0.3) is 5.91 Å². The molecular weight excluding hydrogens is 236 g/mol. The smallest absolute Gasteiger partial charge is 0.326 e. The van der Waals surface area contributed by atoms with Crippen molar-refractivity contribution in [2.24, 2.45) is 5.92 Å². The summed E-state index contributed by atoms with van der Waals surface area (Å²) in [5.74, 6) is -0.599. The van der Waals surface area contributed by atoms with Gasteiger partial charge in [-0.05, 0) is 26.2 Å². The fourth-order valence-electron chi connectivity index (χ4n) is 1.95. The zero-order chi connectivity index (χ0) is 13.3. The van der Waals surface area contributed by atoms with Crippen LogP contribution in [0.4, 0.5) is 0 Å². The number of carboxylic acid groups (broad SMARTS) is 1. The summed E-state index contributed by atoms with van der Waals surface area (Å²) in [6.07, 6.45) is 2.58. The SMILES string of the molecule is Cc1noc(C)c1C(=O)NC(CC1CC1)C(=O)O. The van der Waals surface area contributed by atoms with E-state index in [-0.39, 0.29) is 0 Å². The highest BCUT2D eigenvalue weighted by Gasteiger charge is 2.31. The fraction of sp³-hybridized carbons (Fsp3) is 0.583. The van der Waals surface area contributed by atoms with E-state index in [1.54, 1.807) is 13.8 Å². The molecule has 0 spiro atoms. The molecule has 1 unspecified atom stereocenters. The number of carboxylic acids is 1. The third-order valence-electron chi connectivity index (χ3n) is 3.13.